The third kappa shape index (κ3) is 2.13. The van der Waals surface area contributed by atoms with Crippen LogP contribution in [0, 0.1) is 10.1 Å². The number of carbonyl (C=O) groups is 1. The van der Waals surface area contributed by atoms with Gasteiger partial charge in [0.15, 0.2) is 5.78 Å². The van der Waals surface area contributed by atoms with Gasteiger partial charge in [-0.25, -0.2) is 8.78 Å². The van der Waals surface area contributed by atoms with E-state index in [4.69, 9.17) is 0 Å². The number of alkyl halides is 2. The number of halogens is 2. The zero-order valence-electron chi connectivity index (χ0n) is 8.11. The molecule has 16 heavy (non-hydrogen) atoms. The molecule has 1 rings (SSSR count). The summed E-state index contributed by atoms with van der Waals surface area (Å²) in [6.07, 6.45) is -2.95. The molecule has 0 aliphatic carbocycles. The van der Waals surface area contributed by atoms with Gasteiger partial charge in [-0.2, -0.15) is 0 Å². The summed E-state index contributed by atoms with van der Waals surface area (Å²) in [7, 11) is 0. The molecule has 0 fully saturated rings. The van der Waals surface area contributed by atoms with Crippen LogP contribution in [0.5, 0.6) is 5.75 Å². The molecule has 1 N–H and O–H groups in total. The molecule has 0 unspecified atom stereocenters. The van der Waals surface area contributed by atoms with Gasteiger partial charge >= 0.3 is 0 Å². The average molecular weight is 231 g/mol. The summed E-state index contributed by atoms with van der Waals surface area (Å²) in [5.74, 6) is -1.57. The third-order valence-corrected chi connectivity index (χ3v) is 1.92. The van der Waals surface area contributed by atoms with Crippen LogP contribution in [0.4, 0.5) is 14.5 Å². The Balaban J connectivity index is 3.52. The molecule has 0 radical (unpaired) electrons. The van der Waals surface area contributed by atoms with Gasteiger partial charge in [0.25, 0.3) is 12.1 Å². The summed E-state index contributed by atoms with van der Waals surface area (Å²) >= 11 is 0. The van der Waals surface area contributed by atoms with E-state index < -0.39 is 39.7 Å². The second-order valence-corrected chi connectivity index (χ2v) is 3.05. The maximum Gasteiger partial charge on any atom is 0.284 e. The fourth-order valence-corrected chi connectivity index (χ4v) is 1.26. The molecule has 1 aromatic rings. The van der Waals surface area contributed by atoms with Gasteiger partial charge in [0.05, 0.1) is 4.92 Å². The Morgan fingerprint density at radius 3 is 2.44 bits per heavy atom. The largest absolute Gasteiger partial charge is 0.507 e. The number of phenols is 1. The third-order valence-electron chi connectivity index (χ3n) is 1.92. The van der Waals surface area contributed by atoms with E-state index in [0.29, 0.717) is 12.1 Å². The van der Waals surface area contributed by atoms with Crippen molar-refractivity contribution >= 4 is 11.5 Å². The number of phenolic OH excluding ortho intramolecular Hbond substituents is 1. The minimum atomic E-state index is -2.95. The molecule has 0 saturated carbocycles. The molecule has 7 heteroatoms. The zero-order chi connectivity index (χ0) is 12.5. The molecule has 0 bridgehead atoms. The molecule has 0 saturated heterocycles. The highest BCUT2D eigenvalue weighted by Crippen LogP contribution is 2.33. The Labute approximate surface area is 88.5 Å². The maximum absolute atomic E-state index is 12.3. The van der Waals surface area contributed by atoms with E-state index in [1.54, 1.807) is 0 Å². The van der Waals surface area contributed by atoms with Crippen molar-refractivity contribution in [3.05, 3.63) is 33.4 Å². The zero-order valence-corrected chi connectivity index (χ0v) is 8.11. The van der Waals surface area contributed by atoms with Crippen LogP contribution in [0.3, 0.4) is 0 Å². The molecule has 0 spiro atoms. The van der Waals surface area contributed by atoms with Gasteiger partial charge in [-0.3, -0.25) is 14.9 Å². The summed E-state index contributed by atoms with van der Waals surface area (Å²) in [6.45, 7) is 1.00. The van der Waals surface area contributed by atoms with Crippen molar-refractivity contribution in [1.82, 2.24) is 0 Å². The van der Waals surface area contributed by atoms with E-state index in [2.05, 4.69) is 0 Å². The Hall–Kier alpha value is -2.05. The van der Waals surface area contributed by atoms with Crippen molar-refractivity contribution in [1.29, 1.82) is 0 Å². The van der Waals surface area contributed by atoms with Gasteiger partial charge in [0.2, 0.25) is 0 Å². The summed E-state index contributed by atoms with van der Waals surface area (Å²) in [5.41, 5.74) is -2.08. The predicted octanol–water partition coefficient (Wildman–Crippen LogP) is 2.44. The topological polar surface area (TPSA) is 80.4 Å². The smallest absolute Gasteiger partial charge is 0.284 e. The SMILES string of the molecule is CC(=O)c1c(O)cc(C(F)F)cc1[N+](=O)[O-]. The lowest BCUT2D eigenvalue weighted by Gasteiger charge is -2.05. The van der Waals surface area contributed by atoms with Gasteiger partial charge in [-0.05, 0) is 13.0 Å². The molecular formula is C9H7F2NO4. The number of aromatic hydroxyl groups is 1. The first-order chi connectivity index (χ1) is 7.34. The molecule has 86 valence electrons. The summed E-state index contributed by atoms with van der Waals surface area (Å²) < 4.78 is 24.6. The van der Waals surface area contributed by atoms with E-state index >= 15 is 0 Å². The second kappa shape index (κ2) is 4.21. The van der Waals surface area contributed by atoms with Crippen molar-refractivity contribution in [3.8, 4) is 5.75 Å². The molecule has 0 aliphatic heterocycles. The Kier molecular flexibility index (Phi) is 3.17. The molecule has 0 heterocycles. The molecule has 0 aliphatic rings. The molecule has 0 amide bonds. The quantitative estimate of drug-likeness (QED) is 0.492. The Morgan fingerprint density at radius 2 is 2.06 bits per heavy atom. The average Bonchev–Trinajstić information content (AvgIpc) is 2.15. The van der Waals surface area contributed by atoms with Gasteiger partial charge in [-0.15, -0.1) is 0 Å². The van der Waals surface area contributed by atoms with Gasteiger partial charge in [0.1, 0.15) is 11.3 Å². The van der Waals surface area contributed by atoms with Crippen LogP contribution < -0.4 is 0 Å². The number of ketones is 1. The van der Waals surface area contributed by atoms with Crippen molar-refractivity contribution in [2.24, 2.45) is 0 Å². The number of hydrogen-bond acceptors (Lipinski definition) is 4. The number of nitro groups is 1. The molecule has 1 aromatic carbocycles. The predicted molar refractivity (Wildman–Crippen MR) is 49.7 cm³/mol. The van der Waals surface area contributed by atoms with Gasteiger partial charge < -0.3 is 5.11 Å². The highest BCUT2D eigenvalue weighted by molar-refractivity contribution is 6.00. The standard InChI is InChI=1S/C9H7F2NO4/c1-4(13)8-6(12(15)16)2-5(9(10)11)3-7(8)14/h2-3,9,14H,1H3. The molecule has 0 atom stereocenters. The Bertz CT molecular complexity index is 459. The Morgan fingerprint density at radius 1 is 1.50 bits per heavy atom. The summed E-state index contributed by atoms with van der Waals surface area (Å²) in [6, 6.07) is 1.23. The number of carbonyl (C=O) groups excluding carboxylic acids is 1. The lowest BCUT2D eigenvalue weighted by atomic mass is 10.0. The number of nitro benzene ring substituents is 1. The minimum Gasteiger partial charge on any atom is -0.507 e. The number of rotatable bonds is 3. The van der Waals surface area contributed by atoms with E-state index in [1.165, 1.54) is 0 Å². The van der Waals surface area contributed by atoms with Crippen molar-refractivity contribution < 1.29 is 23.6 Å². The molecule has 5 nitrogen and oxygen atoms in total. The lowest BCUT2D eigenvalue weighted by molar-refractivity contribution is -0.385. The van der Waals surface area contributed by atoms with Crippen LogP contribution in [0.15, 0.2) is 12.1 Å². The second-order valence-electron chi connectivity index (χ2n) is 3.05. The van der Waals surface area contributed by atoms with Crippen LogP contribution in [0.1, 0.15) is 29.3 Å². The van der Waals surface area contributed by atoms with E-state index in [-0.39, 0.29) is 0 Å². The van der Waals surface area contributed by atoms with Crippen LogP contribution in [-0.4, -0.2) is 15.8 Å². The van der Waals surface area contributed by atoms with Crippen LogP contribution >= 0.6 is 0 Å². The van der Waals surface area contributed by atoms with Crippen molar-refractivity contribution in [2.45, 2.75) is 13.3 Å². The normalized spacial score (nSPS) is 10.5. The van der Waals surface area contributed by atoms with Crippen LogP contribution in [0.2, 0.25) is 0 Å². The summed E-state index contributed by atoms with van der Waals surface area (Å²) in [4.78, 5) is 20.6. The van der Waals surface area contributed by atoms with Crippen LogP contribution in [-0.2, 0) is 0 Å². The molecule has 0 aromatic heterocycles. The first-order valence-corrected chi connectivity index (χ1v) is 4.15. The first-order valence-electron chi connectivity index (χ1n) is 4.15. The fourth-order valence-electron chi connectivity index (χ4n) is 1.26. The summed E-state index contributed by atoms with van der Waals surface area (Å²) in [5, 5.41) is 19.8. The van der Waals surface area contributed by atoms with Crippen LogP contribution in [0.25, 0.3) is 0 Å². The van der Waals surface area contributed by atoms with E-state index in [9.17, 15) is 28.8 Å². The number of Topliss-reactive ketones (excluding diaryl/α,β-unsaturated/α-hetero) is 1. The number of hydrogen-bond donors (Lipinski definition) is 1. The lowest BCUT2D eigenvalue weighted by Crippen LogP contribution is -2.02. The minimum absolute atomic E-state index is 0.561. The van der Waals surface area contributed by atoms with Crippen molar-refractivity contribution in [3.63, 3.8) is 0 Å². The first kappa shape index (κ1) is 12.0. The van der Waals surface area contributed by atoms with E-state index in [0.717, 1.165) is 6.92 Å². The monoisotopic (exact) mass is 231 g/mol. The van der Waals surface area contributed by atoms with Gasteiger partial charge in [-0.1, -0.05) is 0 Å². The fraction of sp³-hybridized carbons (Fsp3) is 0.222. The van der Waals surface area contributed by atoms with Crippen molar-refractivity contribution in [2.75, 3.05) is 0 Å². The highest BCUT2D eigenvalue weighted by atomic mass is 19.3. The maximum atomic E-state index is 12.3. The van der Waals surface area contributed by atoms with E-state index in [1.807, 2.05) is 0 Å². The highest BCUT2D eigenvalue weighted by Gasteiger charge is 2.25. The molecular weight excluding hydrogens is 224 g/mol. The number of benzene rings is 1. The van der Waals surface area contributed by atoms with Gasteiger partial charge in [0, 0.05) is 11.6 Å². The number of nitrogens with zero attached hydrogens (tertiary/aromatic N) is 1.